The van der Waals surface area contributed by atoms with Gasteiger partial charge in [0.05, 0.1) is 19.3 Å². The van der Waals surface area contributed by atoms with E-state index in [4.69, 9.17) is 28.7 Å². The molecule has 1 aromatic heterocycles. The third-order valence-corrected chi connectivity index (χ3v) is 16.7. The molecule has 1 heterocycles. The highest BCUT2D eigenvalue weighted by molar-refractivity contribution is 6.00. The number of aliphatic hydroxyl groups is 2. The van der Waals surface area contributed by atoms with E-state index in [9.17, 15) is 87.5 Å². The van der Waals surface area contributed by atoms with E-state index >= 15 is 0 Å². The van der Waals surface area contributed by atoms with Crippen LogP contribution in [-0.4, -0.2) is 226 Å². The molecule has 0 unspecified atom stereocenters. The topological polar surface area (TPSA) is 610 Å². The molecule has 27 N–H and O–H groups in total. The van der Waals surface area contributed by atoms with Crippen LogP contribution in [0.1, 0.15) is 105 Å². The van der Waals surface area contributed by atoms with Crippen molar-refractivity contribution >= 4 is 93.7 Å². The Labute approximate surface area is 590 Å². The van der Waals surface area contributed by atoms with Crippen LogP contribution in [0.15, 0.2) is 60.8 Å². The number of H-pyrrole nitrogens is 1. The number of benzene rings is 2. The first-order valence-corrected chi connectivity index (χ1v) is 33.8. The van der Waals surface area contributed by atoms with Crippen LogP contribution in [0.2, 0.25) is 0 Å². The normalized spacial score (nSPS) is 15.4. The van der Waals surface area contributed by atoms with Crippen LogP contribution in [0, 0.1) is 17.8 Å². The van der Waals surface area contributed by atoms with Crippen LogP contribution in [-0.2, 0) is 80.0 Å². The average molecular weight is 1440 g/mol. The fraction of sp³-hybridized carbons (Fsp3) is 0.576. The number of para-hydroxylation sites is 1. The number of amides is 12. The number of rotatable bonds is 46. The van der Waals surface area contributed by atoms with Crippen molar-refractivity contribution in [3.63, 3.8) is 0 Å². The third-order valence-electron chi connectivity index (χ3n) is 16.7. The Kier molecular flexibility index (Phi) is 37.2. The van der Waals surface area contributed by atoms with Gasteiger partial charge in [0.25, 0.3) is 0 Å². The number of fused-ring (bicyclic) bond motifs is 1. The van der Waals surface area contributed by atoms with Crippen molar-refractivity contribution in [1.82, 2.24) is 68.8 Å². The molecule has 12 amide bonds. The minimum absolute atomic E-state index is 0.0557. The Morgan fingerprint density at radius 1 is 0.412 bits per heavy atom. The molecule has 0 saturated carbocycles. The maximum absolute atomic E-state index is 14.5. The van der Waals surface area contributed by atoms with Crippen molar-refractivity contribution in [3.8, 4) is 0 Å². The minimum atomic E-state index is -1.87. The number of carboxylic acids is 2. The second-order valence-corrected chi connectivity index (χ2v) is 25.4. The molecule has 3 aromatic rings. The van der Waals surface area contributed by atoms with Gasteiger partial charge in [-0.1, -0.05) is 96.5 Å². The lowest BCUT2D eigenvalue weighted by molar-refractivity contribution is -0.142. The first-order valence-electron chi connectivity index (χ1n) is 33.8. The number of aromatic amines is 1. The number of hydrogen-bond donors (Lipinski definition) is 22. The molecule has 0 radical (unpaired) electrons. The second kappa shape index (κ2) is 43.8. The third kappa shape index (κ3) is 27.7. The fourth-order valence-electron chi connectivity index (χ4n) is 10.3. The predicted octanol–water partition coefficient (Wildman–Crippen LogP) is -6.19. The van der Waals surface area contributed by atoms with Crippen LogP contribution in [0.4, 0.5) is 0 Å². The van der Waals surface area contributed by atoms with Gasteiger partial charge in [0, 0.05) is 36.4 Å². The van der Waals surface area contributed by atoms with Gasteiger partial charge in [0.1, 0.15) is 72.5 Å². The summed E-state index contributed by atoms with van der Waals surface area (Å²) >= 11 is 0. The van der Waals surface area contributed by atoms with Crippen LogP contribution >= 0.6 is 0 Å². The number of nitrogens with one attached hydrogen (secondary N) is 13. The largest absolute Gasteiger partial charge is 0.481 e. The highest BCUT2D eigenvalue weighted by Gasteiger charge is 2.38. The lowest BCUT2D eigenvalue weighted by Crippen LogP contribution is -2.62. The molecule has 36 heteroatoms. The molecule has 0 spiro atoms. The summed E-state index contributed by atoms with van der Waals surface area (Å²) < 4.78 is 0. The Morgan fingerprint density at radius 3 is 1.19 bits per heavy atom. The summed E-state index contributed by atoms with van der Waals surface area (Å²) in [6.45, 7) is 8.21. The molecule has 3 rings (SSSR count). The van der Waals surface area contributed by atoms with Crippen molar-refractivity contribution in [2.24, 2.45) is 46.4 Å². The monoisotopic (exact) mass is 1440 g/mol. The van der Waals surface area contributed by atoms with Gasteiger partial charge in [-0.25, -0.2) is 0 Å². The minimum Gasteiger partial charge on any atom is -0.481 e. The number of carboxylic acid groups (broad SMARTS) is 2. The molecular weight excluding hydrogens is 1330 g/mol. The van der Waals surface area contributed by atoms with E-state index in [1.165, 1.54) is 6.92 Å². The average Bonchev–Trinajstić information content (AvgIpc) is 1.42. The molecule has 0 fully saturated rings. The van der Waals surface area contributed by atoms with Crippen molar-refractivity contribution in [3.05, 3.63) is 71.9 Å². The predicted molar refractivity (Wildman–Crippen MR) is 371 cm³/mol. The highest BCUT2D eigenvalue weighted by atomic mass is 16.4. The number of carbonyl (C=O) groups excluding carboxylic acids is 12. The summed E-state index contributed by atoms with van der Waals surface area (Å²) in [6.07, 6.45) is -0.747. The lowest BCUT2D eigenvalue weighted by atomic mass is 9.96. The lowest BCUT2D eigenvalue weighted by Gasteiger charge is -2.30. The molecule has 102 heavy (non-hydrogen) atoms. The quantitative estimate of drug-likeness (QED) is 0.0250. The molecule has 0 aliphatic carbocycles. The molecule has 0 saturated heterocycles. The molecule has 0 bridgehead atoms. The summed E-state index contributed by atoms with van der Waals surface area (Å²) in [4.78, 5) is 194. The molecule has 566 valence electrons. The first kappa shape index (κ1) is 86.5. The molecule has 0 aliphatic rings. The van der Waals surface area contributed by atoms with E-state index in [0.717, 1.165) is 0 Å². The van der Waals surface area contributed by atoms with E-state index in [1.807, 2.05) is 0 Å². The molecule has 36 nitrogen and oxygen atoms in total. The van der Waals surface area contributed by atoms with Crippen molar-refractivity contribution in [2.75, 3.05) is 39.4 Å². The van der Waals surface area contributed by atoms with Gasteiger partial charge in [-0.3, -0.25) is 67.1 Å². The summed E-state index contributed by atoms with van der Waals surface area (Å²) in [5.41, 5.74) is 30.9. The number of aliphatic hydroxyl groups excluding tert-OH is 2. The van der Waals surface area contributed by atoms with Gasteiger partial charge in [-0.05, 0) is 100 Å². The maximum atomic E-state index is 14.5. The number of aliphatic carboxylic acids is 2. The van der Waals surface area contributed by atoms with Crippen LogP contribution in [0.25, 0.3) is 10.9 Å². The SMILES string of the molecule is CC[C@H](C)[C@@H](NC(=O)[C@@H](NC(=O)[C@H](CCC(=O)O)NC(=O)[C@H](Cc1ccccc1)NC(=O)[C@@H](CCN)NC(=O)[C@H](CCN)NC(=O)[C@H](CO)NC(=O)[C@@H](Cc1c[nH]c2ccccc12)NC(=O)[C@@H](CO)NC(=O)[C@H](CCN)NC(=O)[C@@H](CCN)NC(=O)[C@H](N)C(C)C)C(C)C)C(=O)N[C@@H](C)C(=O)O. The Bertz CT molecular complexity index is 3320. The zero-order chi connectivity index (χ0) is 76.5. The summed E-state index contributed by atoms with van der Waals surface area (Å²) in [5.74, 6) is -15.9. The van der Waals surface area contributed by atoms with Crippen molar-refractivity contribution in [1.29, 1.82) is 0 Å². The van der Waals surface area contributed by atoms with E-state index in [1.54, 1.807) is 102 Å². The van der Waals surface area contributed by atoms with Gasteiger partial charge in [0.15, 0.2) is 0 Å². The number of hydrogen-bond acceptors (Lipinski definition) is 21. The first-order chi connectivity index (χ1) is 48.3. The number of aromatic nitrogens is 1. The Hall–Kier alpha value is -9.72. The molecule has 14 atom stereocenters. The van der Waals surface area contributed by atoms with Gasteiger partial charge < -0.3 is 118 Å². The fourth-order valence-corrected chi connectivity index (χ4v) is 10.3. The smallest absolute Gasteiger partial charge is 0.325 e. The summed E-state index contributed by atoms with van der Waals surface area (Å²) in [5, 5.41) is 70.5. The molecule has 0 aliphatic heterocycles. The van der Waals surface area contributed by atoms with Gasteiger partial charge in [-0.15, -0.1) is 0 Å². The molecular formula is C66H104N18O18. The van der Waals surface area contributed by atoms with Gasteiger partial charge in [-0.2, -0.15) is 0 Å². The van der Waals surface area contributed by atoms with Crippen molar-refractivity contribution in [2.45, 2.75) is 185 Å². The van der Waals surface area contributed by atoms with E-state index in [-0.39, 0.29) is 70.6 Å². The van der Waals surface area contributed by atoms with E-state index < -0.39 is 199 Å². The Balaban J connectivity index is 1.91. The van der Waals surface area contributed by atoms with Crippen LogP contribution in [0.3, 0.4) is 0 Å². The maximum Gasteiger partial charge on any atom is 0.325 e. The van der Waals surface area contributed by atoms with Crippen molar-refractivity contribution < 1.29 is 87.5 Å². The Morgan fingerprint density at radius 2 is 0.775 bits per heavy atom. The number of nitrogens with two attached hydrogens (primary N) is 5. The summed E-state index contributed by atoms with van der Waals surface area (Å²) in [7, 11) is 0. The standard InChI is InChI=1S/C66H104N18O18/c1-8-35(6)53(65(100)73-36(7)66(101)102)84-64(99)52(34(4)5)83-58(93)41(18-19-50(87)88)74-59(94)46(28-37-14-10-9-11-15-37)79-56(91)43(21-25-68)75-54(89)42(20-24-67)77-61(96)48(31-85)82-60(95)47(29-38-30-72-40-17-13-12-16-39(38)40)80-62(97)49(32-86)81-57(92)44(22-26-69)76-55(90)45(23-27-70)78-63(98)51(71)33(2)3/h9-17,30,33-36,41-49,51-53,72,85-86H,8,18-29,31-32,67-71H2,1-7H3,(H,73,100)(H,74,94)(H,75,89)(H,76,90)(H,77,96)(H,78,98)(H,79,91)(H,80,97)(H,81,92)(H,82,95)(H,83,93)(H,84,99)(H,87,88)(H,101,102)/t35-,36-,41-,42-,43+,44-,45+,46-,47+,48-,49+,51+,52-,53+/m0/s1. The zero-order valence-corrected chi connectivity index (χ0v) is 58.5. The van der Waals surface area contributed by atoms with Gasteiger partial charge in [0.2, 0.25) is 70.9 Å². The van der Waals surface area contributed by atoms with Gasteiger partial charge >= 0.3 is 11.9 Å². The van der Waals surface area contributed by atoms with E-state index in [2.05, 4.69) is 68.8 Å². The summed E-state index contributed by atoms with van der Waals surface area (Å²) in [6, 6.07) is -4.33. The highest BCUT2D eigenvalue weighted by Crippen LogP contribution is 2.20. The molecule has 2 aromatic carbocycles. The second-order valence-electron chi connectivity index (χ2n) is 25.4. The number of carbonyl (C=O) groups is 14. The van der Waals surface area contributed by atoms with E-state index in [0.29, 0.717) is 28.5 Å². The zero-order valence-electron chi connectivity index (χ0n) is 58.5. The van der Waals surface area contributed by atoms with Crippen LogP contribution in [0.5, 0.6) is 0 Å². The van der Waals surface area contributed by atoms with Crippen LogP contribution < -0.4 is 92.5 Å².